The summed E-state index contributed by atoms with van der Waals surface area (Å²) in [5.41, 5.74) is 0.380. The summed E-state index contributed by atoms with van der Waals surface area (Å²) in [7, 11) is 0. The van der Waals surface area contributed by atoms with Crippen LogP contribution < -0.4 is 4.74 Å². The van der Waals surface area contributed by atoms with Crippen molar-refractivity contribution < 1.29 is 19.1 Å². The molecule has 6 nitrogen and oxygen atoms in total. The maximum absolute atomic E-state index is 12.7. The van der Waals surface area contributed by atoms with Crippen LogP contribution in [0.4, 0.5) is 0 Å². The van der Waals surface area contributed by atoms with Crippen molar-refractivity contribution in [3.63, 3.8) is 0 Å². The molecular weight excluding hydrogens is 372 g/mol. The van der Waals surface area contributed by atoms with Gasteiger partial charge in [-0.15, -0.1) is 22.7 Å². The lowest BCUT2D eigenvalue weighted by molar-refractivity contribution is 0.0520. The van der Waals surface area contributed by atoms with Crippen molar-refractivity contribution in [1.29, 1.82) is 0 Å². The minimum atomic E-state index is -0.372. The molecule has 1 fully saturated rings. The predicted octanol–water partition coefficient (Wildman–Crippen LogP) is 3.80. The van der Waals surface area contributed by atoms with E-state index < -0.39 is 0 Å². The second kappa shape index (κ2) is 8.64. The highest BCUT2D eigenvalue weighted by molar-refractivity contribution is 7.12. The molecule has 2 aromatic rings. The Balaban J connectivity index is 1.60. The first-order chi connectivity index (χ1) is 12.6. The first-order valence-corrected chi connectivity index (χ1v) is 10.5. The van der Waals surface area contributed by atoms with Gasteiger partial charge in [-0.3, -0.25) is 4.79 Å². The second-order valence-electron chi connectivity index (χ2n) is 5.90. The van der Waals surface area contributed by atoms with Gasteiger partial charge in [0.15, 0.2) is 5.69 Å². The van der Waals surface area contributed by atoms with E-state index in [1.807, 2.05) is 23.3 Å². The number of rotatable bonds is 6. The fourth-order valence-corrected chi connectivity index (χ4v) is 4.73. The molecule has 26 heavy (non-hydrogen) atoms. The van der Waals surface area contributed by atoms with Crippen molar-refractivity contribution >= 4 is 34.6 Å². The molecule has 0 aromatic carbocycles. The fourth-order valence-electron chi connectivity index (χ4n) is 2.97. The number of carbonyl (C=O) groups is 2. The highest BCUT2D eigenvalue weighted by Gasteiger charge is 2.28. The lowest BCUT2D eigenvalue weighted by Gasteiger charge is -2.31. The number of nitrogens with zero attached hydrogens (tertiary/aromatic N) is 2. The van der Waals surface area contributed by atoms with Crippen molar-refractivity contribution in [2.45, 2.75) is 32.6 Å². The average Bonchev–Trinajstić information content (AvgIpc) is 3.31. The molecule has 0 N–H and O–H groups in total. The molecule has 0 aliphatic carbocycles. The van der Waals surface area contributed by atoms with Crippen LogP contribution in [0, 0.1) is 0 Å². The van der Waals surface area contributed by atoms with Crippen molar-refractivity contribution in [3.8, 4) is 5.75 Å². The molecule has 1 saturated heterocycles. The Morgan fingerprint density at radius 1 is 1.23 bits per heavy atom. The monoisotopic (exact) mass is 394 g/mol. The molecule has 1 aliphatic rings. The molecule has 8 heteroatoms. The lowest BCUT2D eigenvalue weighted by atomic mass is 9.97. The van der Waals surface area contributed by atoms with Gasteiger partial charge >= 0.3 is 5.97 Å². The average molecular weight is 395 g/mol. The molecule has 0 radical (unpaired) electrons. The van der Waals surface area contributed by atoms with Crippen LogP contribution in [0.25, 0.3) is 0 Å². The molecule has 0 unspecified atom stereocenters. The number of thiazole rings is 1. The van der Waals surface area contributed by atoms with E-state index in [-0.39, 0.29) is 17.8 Å². The minimum absolute atomic E-state index is 0.0354. The molecule has 1 aliphatic heterocycles. The molecular formula is C18H22N2O4S2. The van der Waals surface area contributed by atoms with E-state index >= 15 is 0 Å². The minimum Gasteiger partial charge on any atom is -0.492 e. The summed E-state index contributed by atoms with van der Waals surface area (Å²) in [6.07, 6.45) is 1.69. The number of thiophene rings is 1. The van der Waals surface area contributed by atoms with Crippen molar-refractivity contribution in [1.82, 2.24) is 9.88 Å². The highest BCUT2D eigenvalue weighted by Crippen LogP contribution is 2.33. The van der Waals surface area contributed by atoms with Crippen molar-refractivity contribution in [2.75, 3.05) is 26.3 Å². The number of esters is 1. The maximum Gasteiger partial charge on any atom is 0.357 e. The number of likely N-dealkylation sites (tertiary alicyclic amines) is 1. The summed E-state index contributed by atoms with van der Waals surface area (Å²) in [5.74, 6) is 0.613. The van der Waals surface area contributed by atoms with Gasteiger partial charge in [0.1, 0.15) is 10.6 Å². The first kappa shape index (κ1) is 18.8. The quantitative estimate of drug-likeness (QED) is 0.697. The van der Waals surface area contributed by atoms with E-state index in [0.717, 1.165) is 17.8 Å². The van der Waals surface area contributed by atoms with E-state index in [2.05, 4.69) is 4.98 Å². The van der Waals surface area contributed by atoms with Gasteiger partial charge in [-0.2, -0.15) is 0 Å². The predicted molar refractivity (Wildman–Crippen MR) is 101 cm³/mol. The largest absolute Gasteiger partial charge is 0.492 e. The number of piperidine rings is 1. The highest BCUT2D eigenvalue weighted by atomic mass is 32.1. The van der Waals surface area contributed by atoms with Crippen molar-refractivity contribution in [2.24, 2.45) is 0 Å². The first-order valence-electron chi connectivity index (χ1n) is 8.76. The maximum atomic E-state index is 12.7. The summed E-state index contributed by atoms with van der Waals surface area (Å²) in [4.78, 5) is 31.5. The van der Waals surface area contributed by atoms with Gasteiger partial charge < -0.3 is 14.4 Å². The molecule has 0 spiro atoms. The molecule has 1 amide bonds. The molecule has 3 heterocycles. The zero-order valence-electron chi connectivity index (χ0n) is 14.9. The zero-order chi connectivity index (χ0) is 18.5. The summed E-state index contributed by atoms with van der Waals surface area (Å²) >= 11 is 2.92. The van der Waals surface area contributed by atoms with Gasteiger partial charge in [-0.25, -0.2) is 9.78 Å². The number of aromatic nitrogens is 1. The standard InChI is InChI=1S/C18H22N2O4S2/c1-3-23-14-7-10-25-15(14)17(21)20-8-5-12(6-9-20)16-19-13(11-26-16)18(22)24-4-2/h7,10-12H,3-6,8-9H2,1-2H3. The summed E-state index contributed by atoms with van der Waals surface area (Å²) in [5, 5.41) is 4.59. The second-order valence-corrected chi connectivity index (χ2v) is 7.71. The topological polar surface area (TPSA) is 68.7 Å². The molecule has 0 atom stereocenters. The fraction of sp³-hybridized carbons (Fsp3) is 0.500. The van der Waals surface area contributed by atoms with Gasteiger partial charge in [0.2, 0.25) is 0 Å². The number of amides is 1. The summed E-state index contributed by atoms with van der Waals surface area (Å²) < 4.78 is 10.5. The van der Waals surface area contributed by atoms with E-state index in [4.69, 9.17) is 9.47 Å². The van der Waals surface area contributed by atoms with Gasteiger partial charge in [0.05, 0.1) is 18.2 Å². The van der Waals surface area contributed by atoms with Crippen LogP contribution in [0.5, 0.6) is 5.75 Å². The van der Waals surface area contributed by atoms with Crippen LogP contribution in [0.1, 0.15) is 57.8 Å². The van der Waals surface area contributed by atoms with E-state index in [1.54, 1.807) is 12.3 Å². The van der Waals surface area contributed by atoms with E-state index in [9.17, 15) is 9.59 Å². The molecule has 2 aromatic heterocycles. The third kappa shape index (κ3) is 4.07. The van der Waals surface area contributed by atoms with Gasteiger partial charge in [0, 0.05) is 24.4 Å². The normalized spacial score (nSPS) is 15.1. The third-order valence-corrected chi connectivity index (χ3v) is 6.15. The SMILES string of the molecule is CCOC(=O)c1csc(C2CCN(C(=O)c3sccc3OCC)CC2)n1. The third-order valence-electron chi connectivity index (χ3n) is 4.26. The number of ether oxygens (including phenoxy) is 2. The Labute approximate surface area is 160 Å². The van der Waals surface area contributed by atoms with Crippen LogP contribution in [0.2, 0.25) is 0 Å². The molecule has 0 bridgehead atoms. The van der Waals surface area contributed by atoms with Gasteiger partial charge in [-0.05, 0) is 38.1 Å². The van der Waals surface area contributed by atoms with Crippen LogP contribution >= 0.6 is 22.7 Å². The Kier molecular flexibility index (Phi) is 6.26. The van der Waals surface area contributed by atoms with Crippen molar-refractivity contribution in [3.05, 3.63) is 32.4 Å². The van der Waals surface area contributed by atoms with Crippen LogP contribution in [-0.4, -0.2) is 48.1 Å². The number of hydrogen-bond donors (Lipinski definition) is 0. The van der Waals surface area contributed by atoms with Crippen LogP contribution in [0.15, 0.2) is 16.8 Å². The molecule has 3 rings (SSSR count). The Morgan fingerprint density at radius 3 is 2.69 bits per heavy atom. The summed E-state index contributed by atoms with van der Waals surface area (Å²) in [6, 6.07) is 1.85. The van der Waals surface area contributed by atoms with Crippen LogP contribution in [0.3, 0.4) is 0 Å². The number of carbonyl (C=O) groups excluding carboxylic acids is 2. The summed E-state index contributed by atoms with van der Waals surface area (Å²) in [6.45, 7) is 5.95. The number of hydrogen-bond acceptors (Lipinski definition) is 7. The molecule has 0 saturated carbocycles. The Morgan fingerprint density at radius 2 is 2.00 bits per heavy atom. The Hall–Kier alpha value is -1.93. The van der Waals surface area contributed by atoms with Crippen LogP contribution in [-0.2, 0) is 4.74 Å². The van der Waals surface area contributed by atoms with Gasteiger partial charge in [-0.1, -0.05) is 0 Å². The lowest BCUT2D eigenvalue weighted by Crippen LogP contribution is -2.37. The van der Waals surface area contributed by atoms with E-state index in [1.165, 1.54) is 22.7 Å². The molecule has 140 valence electrons. The Bertz CT molecular complexity index is 763. The smallest absolute Gasteiger partial charge is 0.357 e. The van der Waals surface area contributed by atoms with Gasteiger partial charge in [0.25, 0.3) is 5.91 Å². The van der Waals surface area contributed by atoms with E-state index in [0.29, 0.717) is 42.6 Å². The zero-order valence-corrected chi connectivity index (χ0v) is 16.5.